The first-order chi connectivity index (χ1) is 13.7. The highest BCUT2D eigenvalue weighted by Gasteiger charge is 2.31. The van der Waals surface area contributed by atoms with E-state index in [1.165, 1.54) is 5.56 Å². The van der Waals surface area contributed by atoms with Gasteiger partial charge in [0.25, 0.3) is 0 Å². The lowest BCUT2D eigenvalue weighted by molar-refractivity contribution is 0.118. The molecule has 0 saturated carbocycles. The second-order valence-electron chi connectivity index (χ2n) is 7.41. The lowest BCUT2D eigenvalue weighted by atomic mass is 10.0. The highest BCUT2D eigenvalue weighted by Crippen LogP contribution is 2.28. The molecule has 0 spiro atoms. The molecule has 4 heterocycles. The van der Waals surface area contributed by atoms with E-state index in [1.807, 2.05) is 35.5 Å². The standard InChI is InChI=1S/C20H21ClN6O/c21-18-7-10-27-19(24-18)15(11-22-27)12-25-8-5-16(6-9-25)26-13-14-3-1-2-4-17(14)23-20(26)28/h1-4,7,10-11,16H,5-6,8-9,12-13H2,(H,23,28). The smallest absolute Gasteiger partial charge is 0.317 e. The number of fused-ring (bicyclic) bond motifs is 2. The molecule has 2 aromatic heterocycles. The van der Waals surface area contributed by atoms with Gasteiger partial charge in [-0.05, 0) is 30.5 Å². The third-order valence-corrected chi connectivity index (χ3v) is 5.87. The number of carbonyl (C=O) groups excluding carboxylic acids is 1. The number of urea groups is 1. The average Bonchev–Trinajstić information content (AvgIpc) is 3.10. The molecular formula is C20H21ClN6O. The summed E-state index contributed by atoms with van der Waals surface area (Å²) in [6, 6.07) is 10.0. The monoisotopic (exact) mass is 396 g/mol. The number of amides is 2. The van der Waals surface area contributed by atoms with Crippen LogP contribution in [0.25, 0.3) is 5.65 Å². The molecular weight excluding hydrogens is 376 g/mol. The Bertz CT molecular complexity index is 1030. The van der Waals surface area contributed by atoms with Gasteiger partial charge in [0.05, 0.1) is 6.20 Å². The van der Waals surface area contributed by atoms with E-state index >= 15 is 0 Å². The molecule has 8 heteroatoms. The number of para-hydroxylation sites is 1. The number of likely N-dealkylation sites (tertiary alicyclic amines) is 1. The number of hydrogen-bond donors (Lipinski definition) is 1. The number of carbonyl (C=O) groups is 1. The van der Waals surface area contributed by atoms with Crippen molar-refractivity contribution in [1.29, 1.82) is 0 Å². The second-order valence-corrected chi connectivity index (χ2v) is 7.80. The Kier molecular flexibility index (Phi) is 4.41. The van der Waals surface area contributed by atoms with Crippen molar-refractivity contribution in [3.8, 4) is 0 Å². The van der Waals surface area contributed by atoms with Gasteiger partial charge in [0.1, 0.15) is 5.15 Å². The number of anilines is 1. The first-order valence-electron chi connectivity index (χ1n) is 9.54. The Hall–Kier alpha value is -2.64. The maximum absolute atomic E-state index is 12.5. The van der Waals surface area contributed by atoms with Gasteiger partial charge in [0.2, 0.25) is 0 Å². The molecule has 0 aliphatic carbocycles. The Balaban J connectivity index is 1.24. The van der Waals surface area contributed by atoms with Crippen LogP contribution in [0.3, 0.4) is 0 Å². The summed E-state index contributed by atoms with van der Waals surface area (Å²) in [7, 11) is 0. The molecule has 2 amide bonds. The van der Waals surface area contributed by atoms with Gasteiger partial charge in [-0.1, -0.05) is 29.8 Å². The molecule has 1 N–H and O–H groups in total. The molecule has 2 aliphatic heterocycles. The van der Waals surface area contributed by atoms with E-state index in [2.05, 4.69) is 26.4 Å². The fourth-order valence-corrected chi connectivity index (χ4v) is 4.29. The maximum Gasteiger partial charge on any atom is 0.322 e. The van der Waals surface area contributed by atoms with Crippen LogP contribution in [0.4, 0.5) is 10.5 Å². The van der Waals surface area contributed by atoms with Gasteiger partial charge in [-0.25, -0.2) is 14.3 Å². The highest BCUT2D eigenvalue weighted by molar-refractivity contribution is 6.29. The van der Waals surface area contributed by atoms with E-state index in [-0.39, 0.29) is 12.1 Å². The molecule has 1 aromatic carbocycles. The van der Waals surface area contributed by atoms with Gasteiger partial charge < -0.3 is 10.2 Å². The first-order valence-corrected chi connectivity index (χ1v) is 9.92. The number of nitrogens with one attached hydrogen (secondary N) is 1. The summed E-state index contributed by atoms with van der Waals surface area (Å²) in [5.41, 5.74) is 3.99. The lowest BCUT2D eigenvalue weighted by Gasteiger charge is -2.40. The number of rotatable bonds is 3. The largest absolute Gasteiger partial charge is 0.322 e. The summed E-state index contributed by atoms with van der Waals surface area (Å²) in [5.74, 6) is 0. The molecule has 0 bridgehead atoms. The Labute approximate surface area is 167 Å². The molecule has 2 aliphatic rings. The van der Waals surface area contributed by atoms with Gasteiger partial charge >= 0.3 is 6.03 Å². The normalized spacial score (nSPS) is 18.3. The van der Waals surface area contributed by atoms with Gasteiger partial charge in [-0.15, -0.1) is 0 Å². The van der Waals surface area contributed by atoms with Crippen molar-refractivity contribution < 1.29 is 4.79 Å². The molecule has 0 atom stereocenters. The minimum atomic E-state index is 0.0126. The third kappa shape index (κ3) is 3.21. The predicted octanol–water partition coefficient (Wildman–Crippen LogP) is 3.39. The molecule has 1 saturated heterocycles. The number of hydrogen-bond acceptors (Lipinski definition) is 4. The zero-order valence-corrected chi connectivity index (χ0v) is 16.1. The maximum atomic E-state index is 12.5. The average molecular weight is 397 g/mol. The van der Waals surface area contributed by atoms with E-state index in [9.17, 15) is 4.79 Å². The molecule has 1 fully saturated rings. The quantitative estimate of drug-likeness (QED) is 0.689. The summed E-state index contributed by atoms with van der Waals surface area (Å²) >= 11 is 6.04. The van der Waals surface area contributed by atoms with Crippen molar-refractivity contribution in [2.75, 3.05) is 18.4 Å². The SMILES string of the molecule is O=C1Nc2ccccc2CN1C1CCN(Cc2cnn3ccc(Cl)nc23)CC1. The number of nitrogens with zero attached hydrogens (tertiary/aromatic N) is 5. The van der Waals surface area contributed by atoms with Crippen LogP contribution >= 0.6 is 11.6 Å². The van der Waals surface area contributed by atoms with Crippen LogP contribution in [0, 0.1) is 0 Å². The molecule has 0 unspecified atom stereocenters. The zero-order chi connectivity index (χ0) is 19.1. The van der Waals surface area contributed by atoms with Crippen LogP contribution in [0.5, 0.6) is 0 Å². The fraction of sp³-hybridized carbons (Fsp3) is 0.350. The van der Waals surface area contributed by atoms with Crippen LogP contribution in [-0.4, -0.2) is 49.6 Å². The molecule has 28 heavy (non-hydrogen) atoms. The summed E-state index contributed by atoms with van der Waals surface area (Å²) < 4.78 is 1.75. The third-order valence-electron chi connectivity index (χ3n) is 5.66. The van der Waals surface area contributed by atoms with Crippen molar-refractivity contribution >= 4 is 29.0 Å². The number of benzene rings is 1. The van der Waals surface area contributed by atoms with E-state index in [0.29, 0.717) is 11.7 Å². The van der Waals surface area contributed by atoms with E-state index in [1.54, 1.807) is 10.6 Å². The Morgan fingerprint density at radius 1 is 1.18 bits per heavy atom. The minimum absolute atomic E-state index is 0.0126. The predicted molar refractivity (Wildman–Crippen MR) is 107 cm³/mol. The fourth-order valence-electron chi connectivity index (χ4n) is 4.15. The van der Waals surface area contributed by atoms with E-state index < -0.39 is 0 Å². The van der Waals surface area contributed by atoms with E-state index in [4.69, 9.17) is 11.6 Å². The summed E-state index contributed by atoms with van der Waals surface area (Å²) in [4.78, 5) is 21.3. The van der Waals surface area contributed by atoms with Crippen molar-refractivity contribution in [2.45, 2.75) is 32.0 Å². The summed E-state index contributed by atoms with van der Waals surface area (Å²) in [6.45, 7) is 3.35. The number of halogens is 1. The van der Waals surface area contributed by atoms with Crippen LogP contribution in [0.2, 0.25) is 5.15 Å². The van der Waals surface area contributed by atoms with Crippen LogP contribution in [0.1, 0.15) is 24.0 Å². The van der Waals surface area contributed by atoms with Gasteiger partial charge in [0, 0.05) is 49.7 Å². The van der Waals surface area contributed by atoms with Crippen molar-refractivity contribution in [2.24, 2.45) is 0 Å². The van der Waals surface area contributed by atoms with Gasteiger partial charge in [-0.2, -0.15) is 5.10 Å². The lowest BCUT2D eigenvalue weighted by Crippen LogP contribution is -2.50. The van der Waals surface area contributed by atoms with Crippen LogP contribution in [0.15, 0.2) is 42.7 Å². The molecule has 5 rings (SSSR count). The summed E-state index contributed by atoms with van der Waals surface area (Å²) in [5, 5.41) is 7.85. The van der Waals surface area contributed by atoms with E-state index in [0.717, 1.165) is 49.4 Å². The minimum Gasteiger partial charge on any atom is -0.317 e. The summed E-state index contributed by atoms with van der Waals surface area (Å²) in [6.07, 6.45) is 5.61. The Morgan fingerprint density at radius 3 is 2.86 bits per heavy atom. The van der Waals surface area contributed by atoms with Crippen molar-refractivity contribution in [3.05, 3.63) is 59.0 Å². The van der Waals surface area contributed by atoms with Gasteiger partial charge in [-0.3, -0.25) is 4.90 Å². The molecule has 3 aromatic rings. The Morgan fingerprint density at radius 2 is 2.00 bits per heavy atom. The molecule has 0 radical (unpaired) electrons. The van der Waals surface area contributed by atoms with Crippen LogP contribution < -0.4 is 5.32 Å². The number of aromatic nitrogens is 3. The number of piperidine rings is 1. The first kappa shape index (κ1) is 17.5. The van der Waals surface area contributed by atoms with Crippen molar-refractivity contribution in [1.82, 2.24) is 24.4 Å². The van der Waals surface area contributed by atoms with Gasteiger partial charge in [0.15, 0.2) is 5.65 Å². The zero-order valence-electron chi connectivity index (χ0n) is 15.4. The van der Waals surface area contributed by atoms with Crippen LogP contribution in [-0.2, 0) is 13.1 Å². The van der Waals surface area contributed by atoms with Crippen molar-refractivity contribution in [3.63, 3.8) is 0 Å². The topological polar surface area (TPSA) is 65.8 Å². The molecule has 7 nitrogen and oxygen atoms in total. The molecule has 144 valence electrons. The second kappa shape index (κ2) is 7.07. The highest BCUT2D eigenvalue weighted by atomic mass is 35.5.